The molecule has 0 radical (unpaired) electrons. The quantitative estimate of drug-likeness (QED) is 0.258. The highest BCUT2D eigenvalue weighted by Gasteiger charge is 2.09. The fraction of sp³-hybridized carbons (Fsp3) is 0.0833. The summed E-state index contributed by atoms with van der Waals surface area (Å²) >= 11 is 25.2. The Morgan fingerprint density at radius 1 is 1.14 bits per heavy atom. The molecule has 0 amide bonds. The zero-order valence-electron chi connectivity index (χ0n) is 10.6. The number of anilines is 1. The zero-order valence-corrected chi connectivity index (χ0v) is 14.4. The lowest BCUT2D eigenvalue weighted by atomic mass is 10.3. The second-order valence-electron chi connectivity index (χ2n) is 3.70. The van der Waals surface area contributed by atoms with Gasteiger partial charge in [-0.1, -0.05) is 58.2 Å². The van der Waals surface area contributed by atoms with Crippen molar-refractivity contribution in [3.05, 3.63) is 44.1 Å². The number of benzene rings is 1. The van der Waals surface area contributed by atoms with Crippen LogP contribution in [0.1, 0.15) is 5.56 Å². The standard InChI is InChI=1S/C12H8Cl4N4S/c1-21-12-18-10(15)7(11(16)19-12)5-17-20-9-3-2-6(13)4-8(9)14/h2-5,20H,1H3/b17-5-. The molecule has 2 rings (SSSR count). The number of hydrazone groups is 1. The number of hydrogen-bond acceptors (Lipinski definition) is 5. The third-order valence-corrected chi connectivity index (χ3v) is 4.00. The van der Waals surface area contributed by atoms with Crippen LogP contribution in [0.3, 0.4) is 0 Å². The fourth-order valence-electron chi connectivity index (χ4n) is 1.34. The molecule has 2 aromatic rings. The van der Waals surface area contributed by atoms with E-state index in [-0.39, 0.29) is 10.3 Å². The molecule has 1 heterocycles. The highest BCUT2D eigenvalue weighted by atomic mass is 35.5. The molecule has 0 aliphatic carbocycles. The predicted octanol–water partition coefficient (Wildman–Crippen LogP) is 5.26. The molecule has 4 nitrogen and oxygen atoms in total. The first-order valence-corrected chi connectivity index (χ1v) is 8.26. The van der Waals surface area contributed by atoms with Gasteiger partial charge in [-0.15, -0.1) is 0 Å². The molecule has 1 aromatic heterocycles. The first-order chi connectivity index (χ1) is 10.0. The largest absolute Gasteiger partial charge is 0.277 e. The minimum absolute atomic E-state index is 0.229. The van der Waals surface area contributed by atoms with Crippen molar-refractivity contribution < 1.29 is 0 Å². The van der Waals surface area contributed by atoms with E-state index in [1.54, 1.807) is 18.2 Å². The van der Waals surface area contributed by atoms with E-state index in [4.69, 9.17) is 46.4 Å². The van der Waals surface area contributed by atoms with Crippen LogP contribution in [0.15, 0.2) is 28.5 Å². The van der Waals surface area contributed by atoms with Crippen LogP contribution >= 0.6 is 58.2 Å². The molecule has 0 saturated heterocycles. The molecular formula is C12H8Cl4N4S. The molecule has 0 unspecified atom stereocenters. The lowest BCUT2D eigenvalue weighted by Gasteiger charge is -2.04. The Hall–Kier alpha value is -0.720. The van der Waals surface area contributed by atoms with E-state index in [1.807, 2.05) is 6.26 Å². The van der Waals surface area contributed by atoms with Gasteiger partial charge in [0.15, 0.2) is 5.16 Å². The van der Waals surface area contributed by atoms with Gasteiger partial charge in [0.1, 0.15) is 10.3 Å². The maximum Gasteiger partial charge on any atom is 0.190 e. The van der Waals surface area contributed by atoms with Crippen molar-refractivity contribution in [1.82, 2.24) is 9.97 Å². The Kier molecular flexibility index (Phi) is 5.96. The smallest absolute Gasteiger partial charge is 0.190 e. The molecule has 1 aromatic carbocycles. The lowest BCUT2D eigenvalue weighted by molar-refractivity contribution is 0.968. The summed E-state index contributed by atoms with van der Waals surface area (Å²) in [5, 5.41) is 5.97. The SMILES string of the molecule is CSc1nc(Cl)c(/C=N\Nc2ccc(Cl)cc2Cl)c(Cl)n1. The highest BCUT2D eigenvalue weighted by Crippen LogP contribution is 2.26. The van der Waals surface area contributed by atoms with E-state index < -0.39 is 0 Å². The molecule has 110 valence electrons. The van der Waals surface area contributed by atoms with Gasteiger partial charge in [0.05, 0.1) is 22.5 Å². The van der Waals surface area contributed by atoms with Crippen molar-refractivity contribution in [1.29, 1.82) is 0 Å². The van der Waals surface area contributed by atoms with Gasteiger partial charge in [0.2, 0.25) is 0 Å². The van der Waals surface area contributed by atoms with Gasteiger partial charge in [-0.3, -0.25) is 5.43 Å². The summed E-state index contributed by atoms with van der Waals surface area (Å²) in [6, 6.07) is 5.01. The van der Waals surface area contributed by atoms with Crippen molar-refractivity contribution >= 4 is 70.1 Å². The van der Waals surface area contributed by atoms with E-state index in [0.29, 0.717) is 26.5 Å². The third kappa shape index (κ3) is 4.37. The van der Waals surface area contributed by atoms with Crippen LogP contribution in [-0.2, 0) is 0 Å². The molecule has 0 aliphatic heterocycles. The van der Waals surface area contributed by atoms with Gasteiger partial charge in [-0.25, -0.2) is 9.97 Å². The number of halogens is 4. The van der Waals surface area contributed by atoms with Crippen molar-refractivity contribution in [3.8, 4) is 0 Å². The van der Waals surface area contributed by atoms with Gasteiger partial charge in [0, 0.05) is 5.02 Å². The molecule has 0 atom stereocenters. The number of thioether (sulfide) groups is 1. The van der Waals surface area contributed by atoms with Crippen LogP contribution in [0.25, 0.3) is 0 Å². The number of rotatable bonds is 4. The Morgan fingerprint density at radius 2 is 1.81 bits per heavy atom. The summed E-state index contributed by atoms with van der Waals surface area (Å²) in [6.07, 6.45) is 3.26. The van der Waals surface area contributed by atoms with Crippen LogP contribution in [0.5, 0.6) is 0 Å². The number of hydrogen-bond donors (Lipinski definition) is 1. The highest BCUT2D eigenvalue weighted by molar-refractivity contribution is 7.98. The molecule has 9 heteroatoms. The van der Waals surface area contributed by atoms with E-state index in [1.165, 1.54) is 18.0 Å². The Morgan fingerprint density at radius 3 is 2.38 bits per heavy atom. The summed E-state index contributed by atoms with van der Waals surface area (Å²) < 4.78 is 0. The monoisotopic (exact) mass is 380 g/mol. The van der Waals surface area contributed by atoms with Gasteiger partial charge in [-0.2, -0.15) is 5.10 Å². The molecule has 0 spiro atoms. The molecule has 1 N–H and O–H groups in total. The summed E-state index contributed by atoms with van der Waals surface area (Å²) in [7, 11) is 0. The number of aromatic nitrogens is 2. The van der Waals surface area contributed by atoms with E-state index >= 15 is 0 Å². The summed E-state index contributed by atoms with van der Waals surface area (Å²) in [5.74, 6) is 0. The van der Waals surface area contributed by atoms with Crippen LogP contribution < -0.4 is 5.43 Å². The third-order valence-electron chi connectivity index (χ3n) is 2.32. The molecule has 0 fully saturated rings. The van der Waals surface area contributed by atoms with Crippen LogP contribution in [0, 0.1) is 0 Å². The Balaban J connectivity index is 2.18. The summed E-state index contributed by atoms with van der Waals surface area (Å²) in [4.78, 5) is 8.16. The second-order valence-corrected chi connectivity index (χ2v) is 6.03. The molecule has 0 aliphatic rings. The van der Waals surface area contributed by atoms with Crippen molar-refractivity contribution in [2.75, 3.05) is 11.7 Å². The van der Waals surface area contributed by atoms with Crippen molar-refractivity contribution in [2.24, 2.45) is 5.10 Å². The van der Waals surface area contributed by atoms with Crippen LogP contribution in [0.4, 0.5) is 5.69 Å². The minimum Gasteiger partial charge on any atom is -0.277 e. The van der Waals surface area contributed by atoms with Crippen molar-refractivity contribution in [2.45, 2.75) is 5.16 Å². The zero-order chi connectivity index (χ0) is 15.4. The minimum atomic E-state index is 0.229. The van der Waals surface area contributed by atoms with Crippen molar-refractivity contribution in [3.63, 3.8) is 0 Å². The van der Waals surface area contributed by atoms with E-state index in [9.17, 15) is 0 Å². The average Bonchev–Trinajstić information content (AvgIpc) is 2.43. The van der Waals surface area contributed by atoms with Gasteiger partial charge < -0.3 is 0 Å². The Bertz CT molecular complexity index is 670. The number of nitrogens with one attached hydrogen (secondary N) is 1. The maximum absolute atomic E-state index is 6.04. The average molecular weight is 382 g/mol. The van der Waals surface area contributed by atoms with E-state index in [2.05, 4.69) is 20.5 Å². The fourth-order valence-corrected chi connectivity index (χ4v) is 2.74. The molecule has 0 bridgehead atoms. The predicted molar refractivity (Wildman–Crippen MR) is 91.5 cm³/mol. The first kappa shape index (κ1) is 16.6. The van der Waals surface area contributed by atoms with Gasteiger partial charge >= 0.3 is 0 Å². The summed E-state index contributed by atoms with van der Waals surface area (Å²) in [5.41, 5.74) is 3.80. The molecular weight excluding hydrogens is 374 g/mol. The van der Waals surface area contributed by atoms with Crippen LogP contribution in [0.2, 0.25) is 20.4 Å². The lowest BCUT2D eigenvalue weighted by Crippen LogP contribution is -1.97. The normalized spacial score (nSPS) is 11.1. The maximum atomic E-state index is 6.04. The summed E-state index contributed by atoms with van der Waals surface area (Å²) in [6.45, 7) is 0. The molecule has 0 saturated carbocycles. The molecule has 21 heavy (non-hydrogen) atoms. The van der Waals surface area contributed by atoms with E-state index in [0.717, 1.165) is 0 Å². The number of nitrogens with zero attached hydrogens (tertiary/aromatic N) is 3. The first-order valence-electron chi connectivity index (χ1n) is 5.52. The van der Waals surface area contributed by atoms with Gasteiger partial charge in [0.25, 0.3) is 0 Å². The second kappa shape index (κ2) is 7.51. The Labute approximate surface area is 145 Å². The van der Waals surface area contributed by atoms with Crippen LogP contribution in [-0.4, -0.2) is 22.4 Å². The van der Waals surface area contributed by atoms with Gasteiger partial charge in [-0.05, 0) is 24.5 Å². The topological polar surface area (TPSA) is 50.2 Å².